The van der Waals surface area contributed by atoms with Crippen molar-refractivity contribution in [3.8, 4) is 0 Å². The Bertz CT molecular complexity index is 805. The summed E-state index contributed by atoms with van der Waals surface area (Å²) in [6.45, 7) is 16.3. The molecule has 6 atom stereocenters. The summed E-state index contributed by atoms with van der Waals surface area (Å²) in [6, 6.07) is 0. The van der Waals surface area contributed by atoms with E-state index in [0.29, 0.717) is 46.7 Å². The minimum absolute atomic E-state index is 0.0385. The molecule has 4 aliphatic rings. The summed E-state index contributed by atoms with van der Waals surface area (Å²) >= 11 is 0. The van der Waals surface area contributed by atoms with Crippen molar-refractivity contribution >= 4 is 11.9 Å². The van der Waals surface area contributed by atoms with E-state index in [2.05, 4.69) is 27.0 Å². The van der Waals surface area contributed by atoms with Crippen molar-refractivity contribution < 1.29 is 19.1 Å². The van der Waals surface area contributed by atoms with Gasteiger partial charge in [-0.05, 0) is 93.3 Å². The lowest BCUT2D eigenvalue weighted by Gasteiger charge is -2.52. The van der Waals surface area contributed by atoms with Gasteiger partial charge < -0.3 is 9.47 Å². The molecule has 0 saturated heterocycles. The maximum Gasteiger partial charge on any atom is 0.333 e. The van der Waals surface area contributed by atoms with Crippen LogP contribution in [0, 0.1) is 40.9 Å². The Labute approximate surface area is 238 Å². The van der Waals surface area contributed by atoms with Gasteiger partial charge in [-0.1, -0.05) is 91.2 Å². The summed E-state index contributed by atoms with van der Waals surface area (Å²) in [5.41, 5.74) is 1.24. The van der Waals surface area contributed by atoms with Gasteiger partial charge in [-0.2, -0.15) is 0 Å². The molecule has 0 N–H and O–H groups in total. The molecule has 0 radical (unpaired) electrons. The number of carbonyl (C=O) groups is 2. The molecule has 0 aromatic carbocycles. The molecule has 0 aliphatic heterocycles. The van der Waals surface area contributed by atoms with E-state index in [1.54, 1.807) is 13.8 Å². The van der Waals surface area contributed by atoms with E-state index in [0.717, 1.165) is 25.7 Å². The number of ether oxygens (including phenoxy) is 2. The number of rotatable bonds is 8. The van der Waals surface area contributed by atoms with Crippen molar-refractivity contribution in [2.24, 2.45) is 40.9 Å². The largest absolute Gasteiger partial charge is 0.459 e. The average molecular weight is 541 g/mol. The molecule has 39 heavy (non-hydrogen) atoms. The van der Waals surface area contributed by atoms with Crippen LogP contribution in [-0.2, 0) is 19.1 Å². The first-order chi connectivity index (χ1) is 18.6. The fraction of sp³-hybridized carbons (Fsp3) is 0.829. The van der Waals surface area contributed by atoms with Gasteiger partial charge in [-0.15, -0.1) is 0 Å². The summed E-state index contributed by atoms with van der Waals surface area (Å²) < 4.78 is 12.2. The van der Waals surface area contributed by atoms with Gasteiger partial charge in [0.15, 0.2) is 0 Å². The van der Waals surface area contributed by atoms with Gasteiger partial charge in [0.05, 0.1) is 0 Å². The highest BCUT2D eigenvalue weighted by atomic mass is 16.5. The topological polar surface area (TPSA) is 52.6 Å². The van der Waals surface area contributed by atoms with E-state index in [-0.39, 0.29) is 29.6 Å². The van der Waals surface area contributed by atoms with Crippen molar-refractivity contribution in [1.29, 1.82) is 0 Å². The smallest absolute Gasteiger partial charge is 0.333 e. The Morgan fingerprint density at radius 2 is 0.949 bits per heavy atom. The Balaban J connectivity index is 1.49. The van der Waals surface area contributed by atoms with Crippen LogP contribution in [-0.4, -0.2) is 24.1 Å². The van der Waals surface area contributed by atoms with Gasteiger partial charge in [0, 0.05) is 11.1 Å². The minimum Gasteiger partial charge on any atom is -0.459 e. The predicted octanol–water partition coefficient (Wildman–Crippen LogP) is 8.98. The summed E-state index contributed by atoms with van der Waals surface area (Å²) in [6.07, 6.45) is 19.7. The van der Waals surface area contributed by atoms with Crippen LogP contribution in [0.3, 0.4) is 0 Å². The van der Waals surface area contributed by atoms with Crippen LogP contribution in [0.15, 0.2) is 24.3 Å². The molecule has 0 aromatic heterocycles. The van der Waals surface area contributed by atoms with Gasteiger partial charge in [-0.25, -0.2) is 9.59 Å². The van der Waals surface area contributed by atoms with Gasteiger partial charge in [0.1, 0.15) is 12.2 Å². The van der Waals surface area contributed by atoms with E-state index in [4.69, 9.17) is 9.47 Å². The van der Waals surface area contributed by atoms with E-state index >= 15 is 0 Å². The van der Waals surface area contributed by atoms with Crippen LogP contribution in [0.2, 0.25) is 0 Å². The van der Waals surface area contributed by atoms with Gasteiger partial charge in [0.25, 0.3) is 0 Å². The molecular formula is C35H56O4. The molecule has 4 fully saturated rings. The lowest BCUT2D eigenvalue weighted by Crippen LogP contribution is -2.47. The van der Waals surface area contributed by atoms with E-state index in [1.807, 2.05) is 0 Å². The molecule has 220 valence electrons. The summed E-state index contributed by atoms with van der Waals surface area (Å²) in [5.74, 6) is 3.13. The predicted molar refractivity (Wildman–Crippen MR) is 158 cm³/mol. The van der Waals surface area contributed by atoms with E-state index in [9.17, 15) is 9.59 Å². The van der Waals surface area contributed by atoms with E-state index in [1.165, 1.54) is 77.0 Å². The standard InChI is InChI=1S/C35H56O4/c1-23(2)33(36)38-31-19-17-27(21-29(31)25-13-9-7-10-14-25)35(5,6)28-18-20-32(39-34(37)24(3)4)30(22-28)26-15-11-8-12-16-26/h25-32H,1,3,7-22H2,2,4-6H3. The molecule has 0 bridgehead atoms. The van der Waals surface area contributed by atoms with Crippen molar-refractivity contribution in [3.05, 3.63) is 24.3 Å². The van der Waals surface area contributed by atoms with Crippen molar-refractivity contribution in [3.63, 3.8) is 0 Å². The molecule has 0 spiro atoms. The zero-order chi connectivity index (χ0) is 28.2. The lowest BCUT2D eigenvalue weighted by molar-refractivity contribution is -0.155. The number of hydrogen-bond donors (Lipinski definition) is 0. The third-order valence-corrected chi connectivity index (χ3v) is 11.5. The van der Waals surface area contributed by atoms with Crippen LogP contribution >= 0.6 is 0 Å². The number of esters is 2. The zero-order valence-corrected chi connectivity index (χ0v) is 25.5. The molecule has 4 saturated carbocycles. The van der Waals surface area contributed by atoms with Crippen LogP contribution in [0.1, 0.15) is 130 Å². The number of hydrogen-bond acceptors (Lipinski definition) is 4. The monoisotopic (exact) mass is 540 g/mol. The lowest BCUT2D eigenvalue weighted by atomic mass is 9.55. The Morgan fingerprint density at radius 1 is 0.590 bits per heavy atom. The molecule has 0 heterocycles. The fourth-order valence-electron chi connectivity index (χ4n) is 8.93. The van der Waals surface area contributed by atoms with Crippen molar-refractivity contribution in [2.75, 3.05) is 0 Å². The minimum atomic E-state index is -0.212. The fourth-order valence-corrected chi connectivity index (χ4v) is 8.93. The Hall–Kier alpha value is -1.58. The SMILES string of the molecule is C=C(C)C(=O)OC1CCC(C(C)(C)C2CCC(OC(=O)C(=C)C)C(C3CCCCC3)C2)CC1C1CCCCC1. The summed E-state index contributed by atoms with van der Waals surface area (Å²) in [7, 11) is 0. The third-order valence-electron chi connectivity index (χ3n) is 11.5. The maximum absolute atomic E-state index is 12.5. The highest BCUT2D eigenvalue weighted by molar-refractivity contribution is 5.87. The summed E-state index contributed by atoms with van der Waals surface area (Å²) in [5, 5.41) is 0. The Morgan fingerprint density at radius 3 is 1.28 bits per heavy atom. The van der Waals surface area contributed by atoms with Crippen molar-refractivity contribution in [2.45, 2.75) is 143 Å². The summed E-state index contributed by atoms with van der Waals surface area (Å²) in [4.78, 5) is 25.1. The highest BCUT2D eigenvalue weighted by Gasteiger charge is 2.48. The first kappa shape index (κ1) is 30.4. The molecule has 6 unspecified atom stereocenters. The molecule has 4 heteroatoms. The first-order valence-electron chi connectivity index (χ1n) is 16.3. The molecule has 4 nitrogen and oxygen atoms in total. The average Bonchev–Trinajstić information content (AvgIpc) is 2.94. The molecule has 4 rings (SSSR count). The second kappa shape index (κ2) is 13.4. The van der Waals surface area contributed by atoms with Crippen LogP contribution in [0.25, 0.3) is 0 Å². The maximum atomic E-state index is 12.5. The van der Waals surface area contributed by atoms with Crippen LogP contribution < -0.4 is 0 Å². The van der Waals surface area contributed by atoms with Crippen LogP contribution in [0.4, 0.5) is 0 Å². The molecule has 4 aliphatic carbocycles. The molecule has 0 aromatic rings. The van der Waals surface area contributed by atoms with E-state index < -0.39 is 0 Å². The second-order valence-corrected chi connectivity index (χ2v) is 14.4. The first-order valence-corrected chi connectivity index (χ1v) is 16.3. The zero-order valence-electron chi connectivity index (χ0n) is 25.5. The normalized spacial score (nSPS) is 33.2. The highest BCUT2D eigenvalue weighted by Crippen LogP contribution is 2.54. The van der Waals surface area contributed by atoms with Gasteiger partial charge in [0.2, 0.25) is 0 Å². The third kappa shape index (κ3) is 7.39. The second-order valence-electron chi connectivity index (χ2n) is 14.4. The van der Waals surface area contributed by atoms with Crippen LogP contribution in [0.5, 0.6) is 0 Å². The number of carbonyl (C=O) groups excluding carboxylic acids is 2. The molecular weight excluding hydrogens is 484 g/mol. The van der Waals surface area contributed by atoms with Crippen molar-refractivity contribution in [1.82, 2.24) is 0 Å². The van der Waals surface area contributed by atoms with Gasteiger partial charge in [-0.3, -0.25) is 0 Å². The Kier molecular flexibility index (Phi) is 10.4. The quantitative estimate of drug-likeness (QED) is 0.228. The van der Waals surface area contributed by atoms with Gasteiger partial charge >= 0.3 is 11.9 Å². The molecule has 0 amide bonds.